The Morgan fingerprint density at radius 3 is 2.80 bits per heavy atom. The summed E-state index contributed by atoms with van der Waals surface area (Å²) in [6.45, 7) is 2.20. The van der Waals surface area contributed by atoms with Crippen LogP contribution in [0.25, 0.3) is 10.9 Å². The van der Waals surface area contributed by atoms with E-state index in [1.54, 1.807) is 0 Å². The van der Waals surface area contributed by atoms with E-state index >= 15 is 0 Å². The maximum absolute atomic E-state index is 12.5. The molecule has 1 saturated heterocycles. The number of hydrogen-bond acceptors (Lipinski definition) is 8. The van der Waals surface area contributed by atoms with Gasteiger partial charge in [-0.15, -0.1) is 11.7 Å². The van der Waals surface area contributed by atoms with Crippen molar-refractivity contribution in [2.45, 2.75) is 50.3 Å². The van der Waals surface area contributed by atoms with E-state index in [0.29, 0.717) is 16.8 Å². The molecule has 9 nitrogen and oxygen atoms in total. The first-order valence-corrected chi connectivity index (χ1v) is 10.1. The van der Waals surface area contributed by atoms with Crippen molar-refractivity contribution in [3.05, 3.63) is 30.0 Å². The van der Waals surface area contributed by atoms with Crippen molar-refractivity contribution in [1.29, 1.82) is 0 Å². The van der Waals surface area contributed by atoms with Crippen molar-refractivity contribution in [2.24, 2.45) is 5.92 Å². The van der Waals surface area contributed by atoms with Crippen molar-refractivity contribution in [3.63, 3.8) is 0 Å². The van der Waals surface area contributed by atoms with Crippen LogP contribution < -0.4 is 15.0 Å². The molecule has 5 atom stereocenters. The van der Waals surface area contributed by atoms with Gasteiger partial charge >= 0.3 is 5.97 Å². The molecular formula is C21H29N2O7-. The number of aryl methyl sites for hydroxylation is 1. The number of nitrogens with zero attached hydrogens (tertiary/aromatic N) is 1. The van der Waals surface area contributed by atoms with E-state index in [4.69, 9.17) is 14.6 Å². The van der Waals surface area contributed by atoms with Crippen LogP contribution >= 0.6 is 0 Å². The molecule has 2 heterocycles. The fourth-order valence-corrected chi connectivity index (χ4v) is 3.55. The molecule has 0 saturated carbocycles. The average Bonchev–Trinajstić information content (AvgIpc) is 3.24. The number of ether oxygens (including phenoxy) is 2. The van der Waals surface area contributed by atoms with Gasteiger partial charge in [-0.2, -0.15) is 0 Å². The molecule has 9 heteroatoms. The number of rotatable bonds is 9. The van der Waals surface area contributed by atoms with E-state index in [-0.39, 0.29) is 5.75 Å². The summed E-state index contributed by atoms with van der Waals surface area (Å²) in [5.74, 6) is -2.65. The van der Waals surface area contributed by atoms with Crippen molar-refractivity contribution < 1.29 is 34.7 Å². The summed E-state index contributed by atoms with van der Waals surface area (Å²) in [7, 11) is 1.94. The molecule has 1 aromatic heterocycles. The number of aliphatic hydroxyl groups is 4. The topological polar surface area (TPSA) is 143 Å². The summed E-state index contributed by atoms with van der Waals surface area (Å²) in [5, 5.41) is 42.7. The number of benzene rings is 1. The third-order valence-corrected chi connectivity index (χ3v) is 5.56. The fourth-order valence-electron chi connectivity index (χ4n) is 3.55. The predicted molar refractivity (Wildman–Crippen MR) is 108 cm³/mol. The molecule has 3 rings (SSSR count). The zero-order chi connectivity index (χ0) is 21.9. The van der Waals surface area contributed by atoms with Crippen LogP contribution in [-0.2, 0) is 16.0 Å². The molecule has 166 valence electrons. The first-order chi connectivity index (χ1) is 14.3. The lowest BCUT2D eigenvalue weighted by atomic mass is 9.97. The number of esters is 1. The molecule has 1 aromatic carbocycles. The summed E-state index contributed by atoms with van der Waals surface area (Å²) in [4.78, 5) is 16.7. The predicted octanol–water partition coefficient (Wildman–Crippen LogP) is -0.318. The molecule has 0 spiro atoms. The Morgan fingerprint density at radius 1 is 1.37 bits per heavy atom. The first-order valence-electron chi connectivity index (χ1n) is 10.1. The Labute approximate surface area is 174 Å². The Bertz CT molecular complexity index is 870. The van der Waals surface area contributed by atoms with Gasteiger partial charge in [-0.25, -0.2) is 4.79 Å². The Morgan fingerprint density at radius 2 is 2.13 bits per heavy atom. The molecule has 1 fully saturated rings. The second-order valence-corrected chi connectivity index (χ2v) is 7.91. The minimum atomic E-state index is -2.42. The van der Waals surface area contributed by atoms with Gasteiger partial charge in [-0.05, 0) is 50.4 Å². The number of hydrogen-bond donors (Lipinski definition) is 5. The molecule has 30 heavy (non-hydrogen) atoms. The molecule has 5 unspecified atom stereocenters. The SMILES string of the molecule is CNCCC(C)CCc1ccc2[n-]cc(OC(=O)C3OC(O)(CO)C(O)C3O)c2c1. The van der Waals surface area contributed by atoms with Crippen LogP contribution in [-0.4, -0.2) is 70.7 Å². The average molecular weight is 421 g/mol. The normalized spacial score (nSPS) is 27.5. The maximum Gasteiger partial charge on any atom is 0.343 e. The van der Waals surface area contributed by atoms with E-state index in [1.807, 2.05) is 25.2 Å². The van der Waals surface area contributed by atoms with Crippen LogP contribution in [0.5, 0.6) is 5.75 Å². The van der Waals surface area contributed by atoms with Crippen LogP contribution in [0.2, 0.25) is 0 Å². The van der Waals surface area contributed by atoms with E-state index < -0.39 is 36.7 Å². The Hall–Kier alpha value is -2.01. The van der Waals surface area contributed by atoms with Gasteiger partial charge < -0.3 is 40.2 Å². The molecule has 5 N–H and O–H groups in total. The Balaban J connectivity index is 1.70. The standard InChI is InChI=1S/C21H29N2O7/c1-12(7-8-22-2)3-4-13-5-6-15-14(9-13)16(10-23-15)29-20(27)18-17(25)19(26)21(28,11-24)30-18/h5-6,9-10,12,17-19,22,24-26,28H,3-4,7-8,11H2,1-2H3/q-1. The van der Waals surface area contributed by atoms with E-state index in [0.717, 1.165) is 31.4 Å². The van der Waals surface area contributed by atoms with Gasteiger partial charge in [0.1, 0.15) is 18.0 Å². The number of aromatic nitrogens is 1. The molecule has 0 aliphatic carbocycles. The lowest BCUT2D eigenvalue weighted by Crippen LogP contribution is -2.46. The molecule has 0 amide bonds. The zero-order valence-corrected chi connectivity index (χ0v) is 17.1. The second-order valence-electron chi connectivity index (χ2n) is 7.91. The minimum Gasteiger partial charge on any atom is -0.661 e. The number of carbonyl (C=O) groups excluding carboxylic acids is 1. The molecular weight excluding hydrogens is 392 g/mol. The van der Waals surface area contributed by atoms with Gasteiger partial charge in [0.25, 0.3) is 0 Å². The summed E-state index contributed by atoms with van der Waals surface area (Å²) >= 11 is 0. The highest BCUT2D eigenvalue weighted by atomic mass is 16.7. The summed E-state index contributed by atoms with van der Waals surface area (Å²) in [6, 6.07) is 5.77. The highest BCUT2D eigenvalue weighted by Crippen LogP contribution is 2.32. The monoisotopic (exact) mass is 421 g/mol. The molecule has 1 aliphatic heterocycles. The zero-order valence-electron chi connectivity index (χ0n) is 17.1. The minimum absolute atomic E-state index is 0.199. The third kappa shape index (κ3) is 4.66. The smallest absolute Gasteiger partial charge is 0.343 e. The maximum atomic E-state index is 12.5. The van der Waals surface area contributed by atoms with Crippen LogP contribution in [0.15, 0.2) is 24.4 Å². The summed E-state index contributed by atoms with van der Waals surface area (Å²) in [6.07, 6.45) is -0.828. The quantitative estimate of drug-likeness (QED) is 0.344. The molecule has 2 aromatic rings. The van der Waals surface area contributed by atoms with Gasteiger partial charge in [0.05, 0.1) is 6.61 Å². The van der Waals surface area contributed by atoms with Crippen LogP contribution in [0, 0.1) is 5.92 Å². The first kappa shape index (κ1) is 22.7. The molecule has 1 aliphatic rings. The van der Waals surface area contributed by atoms with Crippen molar-refractivity contribution in [2.75, 3.05) is 20.2 Å². The lowest BCUT2D eigenvalue weighted by molar-refractivity contribution is -0.246. The van der Waals surface area contributed by atoms with E-state index in [9.17, 15) is 20.1 Å². The number of fused-ring (bicyclic) bond motifs is 1. The van der Waals surface area contributed by atoms with Crippen molar-refractivity contribution >= 4 is 16.9 Å². The summed E-state index contributed by atoms with van der Waals surface area (Å²) < 4.78 is 10.3. The van der Waals surface area contributed by atoms with E-state index in [2.05, 4.69) is 17.2 Å². The highest BCUT2D eigenvalue weighted by molar-refractivity contribution is 5.90. The fraction of sp³-hybridized carbons (Fsp3) is 0.571. The molecule has 0 radical (unpaired) electrons. The third-order valence-electron chi connectivity index (χ3n) is 5.56. The Kier molecular flexibility index (Phi) is 7.12. The van der Waals surface area contributed by atoms with Gasteiger partial charge in [-0.1, -0.05) is 19.1 Å². The van der Waals surface area contributed by atoms with Crippen LogP contribution in [0.4, 0.5) is 0 Å². The number of aliphatic hydroxyl groups excluding tert-OH is 3. The highest BCUT2D eigenvalue weighted by Gasteiger charge is 2.56. The van der Waals surface area contributed by atoms with Crippen molar-refractivity contribution in [1.82, 2.24) is 10.3 Å². The van der Waals surface area contributed by atoms with Gasteiger partial charge in [-0.3, -0.25) is 0 Å². The van der Waals surface area contributed by atoms with Gasteiger partial charge in [0.15, 0.2) is 6.10 Å². The lowest BCUT2D eigenvalue weighted by Gasteiger charge is -2.22. The van der Waals surface area contributed by atoms with E-state index in [1.165, 1.54) is 6.20 Å². The number of carbonyl (C=O) groups is 1. The van der Waals surface area contributed by atoms with Crippen molar-refractivity contribution in [3.8, 4) is 5.75 Å². The van der Waals surface area contributed by atoms with Gasteiger partial charge in [0.2, 0.25) is 5.79 Å². The largest absolute Gasteiger partial charge is 0.661 e. The van der Waals surface area contributed by atoms with Crippen LogP contribution in [0.3, 0.4) is 0 Å². The molecule has 0 bridgehead atoms. The number of nitrogens with one attached hydrogen (secondary N) is 1. The summed E-state index contributed by atoms with van der Waals surface area (Å²) in [5.41, 5.74) is 1.75. The van der Waals surface area contributed by atoms with Crippen LogP contribution in [0.1, 0.15) is 25.3 Å². The van der Waals surface area contributed by atoms with Gasteiger partial charge in [0, 0.05) is 5.39 Å². The second kappa shape index (κ2) is 9.42.